The Morgan fingerprint density at radius 2 is 1.94 bits per heavy atom. The first-order chi connectivity index (χ1) is 8.16. The smallest absolute Gasteiger partial charge is 0.294 e. The van der Waals surface area contributed by atoms with Crippen LogP contribution in [0.5, 0.6) is 0 Å². The average Bonchev–Trinajstić information content (AvgIpc) is 2.66. The Morgan fingerprint density at radius 1 is 1.18 bits per heavy atom. The Balaban J connectivity index is 2.55. The highest BCUT2D eigenvalue weighted by Gasteiger charge is 2.16. The van der Waals surface area contributed by atoms with Crippen molar-refractivity contribution in [3.8, 4) is 0 Å². The highest BCUT2D eigenvalue weighted by Crippen LogP contribution is 2.34. The number of nitrogens with one attached hydrogen (secondary N) is 1. The van der Waals surface area contributed by atoms with Gasteiger partial charge in [-0.2, -0.15) is 0 Å². The van der Waals surface area contributed by atoms with Gasteiger partial charge in [0.15, 0.2) is 0 Å². The molecule has 0 bridgehead atoms. The fourth-order valence-electron chi connectivity index (χ4n) is 2.04. The van der Waals surface area contributed by atoms with Crippen LogP contribution < -0.4 is 0 Å². The molecule has 1 N–H and O–H groups in total. The number of H-pyrrole nitrogens is 1. The molecule has 0 unspecified atom stereocenters. The number of non-ortho nitro benzene ring substituents is 1. The van der Waals surface area contributed by atoms with Crippen molar-refractivity contribution in [3.05, 3.63) is 51.5 Å². The average molecular weight is 247 g/mol. The minimum absolute atomic E-state index is 0.00343. The number of hydrogen-bond donors (Lipinski definition) is 1. The Kier molecular flexibility index (Phi) is 2.06. The maximum absolute atomic E-state index is 11.0. The van der Waals surface area contributed by atoms with Crippen molar-refractivity contribution in [2.24, 2.45) is 0 Å². The summed E-state index contributed by atoms with van der Waals surface area (Å²) in [6.07, 6.45) is 0. The number of rotatable bonds is 1. The van der Waals surface area contributed by atoms with Crippen LogP contribution in [0.2, 0.25) is 5.02 Å². The van der Waals surface area contributed by atoms with E-state index >= 15 is 0 Å². The van der Waals surface area contributed by atoms with Crippen molar-refractivity contribution < 1.29 is 4.92 Å². The van der Waals surface area contributed by atoms with Crippen LogP contribution in [-0.2, 0) is 0 Å². The summed E-state index contributed by atoms with van der Waals surface area (Å²) in [7, 11) is 0. The van der Waals surface area contributed by atoms with E-state index in [0.717, 1.165) is 16.3 Å². The third-order valence-corrected chi connectivity index (χ3v) is 2.97. The van der Waals surface area contributed by atoms with Crippen LogP contribution in [0.15, 0.2) is 36.4 Å². The quantitative estimate of drug-likeness (QED) is 0.523. The second-order valence-electron chi connectivity index (χ2n) is 3.78. The molecule has 1 aromatic heterocycles. The molecule has 1 heterocycles. The van der Waals surface area contributed by atoms with E-state index in [1.54, 1.807) is 6.07 Å². The van der Waals surface area contributed by atoms with Crippen LogP contribution in [0.4, 0.5) is 5.69 Å². The van der Waals surface area contributed by atoms with Gasteiger partial charge in [0.05, 0.1) is 4.92 Å². The molecule has 0 spiro atoms. The predicted molar refractivity (Wildman–Crippen MR) is 67.5 cm³/mol. The van der Waals surface area contributed by atoms with Crippen molar-refractivity contribution in [3.63, 3.8) is 0 Å². The lowest BCUT2D eigenvalue weighted by Gasteiger charge is -1.95. The molecule has 3 aromatic rings. The summed E-state index contributed by atoms with van der Waals surface area (Å²) in [6.45, 7) is 0. The first-order valence-corrected chi connectivity index (χ1v) is 5.39. The third-order valence-electron chi connectivity index (χ3n) is 2.76. The minimum atomic E-state index is -0.427. The van der Waals surface area contributed by atoms with Crippen LogP contribution in [0.1, 0.15) is 0 Å². The summed E-state index contributed by atoms with van der Waals surface area (Å²) in [5.74, 6) is 0. The van der Waals surface area contributed by atoms with Gasteiger partial charge in [-0.1, -0.05) is 29.8 Å². The molecule has 0 aliphatic carbocycles. The number of hydrogen-bond acceptors (Lipinski definition) is 2. The number of aromatic amines is 1. The molecule has 84 valence electrons. The number of benzene rings is 2. The van der Waals surface area contributed by atoms with Gasteiger partial charge < -0.3 is 4.98 Å². The highest BCUT2D eigenvalue weighted by molar-refractivity contribution is 6.32. The van der Waals surface area contributed by atoms with Gasteiger partial charge in [0, 0.05) is 27.4 Å². The maximum Gasteiger partial charge on any atom is 0.294 e. The van der Waals surface area contributed by atoms with Gasteiger partial charge in [0.2, 0.25) is 0 Å². The zero-order valence-electron chi connectivity index (χ0n) is 8.61. The molecule has 0 aliphatic rings. The molecule has 0 saturated heterocycles. The summed E-state index contributed by atoms with van der Waals surface area (Å²) >= 11 is 5.91. The predicted octanol–water partition coefficient (Wildman–Crippen LogP) is 3.88. The lowest BCUT2D eigenvalue weighted by Crippen LogP contribution is -1.89. The van der Waals surface area contributed by atoms with Crippen molar-refractivity contribution in [1.82, 2.24) is 4.98 Å². The summed E-state index contributed by atoms with van der Waals surface area (Å²) in [5.41, 5.74) is 1.39. The van der Waals surface area contributed by atoms with E-state index in [2.05, 4.69) is 4.98 Å². The number of halogens is 1. The Hall–Kier alpha value is -2.07. The van der Waals surface area contributed by atoms with Gasteiger partial charge in [-0.05, 0) is 12.1 Å². The number of nitro groups is 1. The van der Waals surface area contributed by atoms with E-state index in [0.29, 0.717) is 10.5 Å². The van der Waals surface area contributed by atoms with Crippen molar-refractivity contribution in [1.29, 1.82) is 0 Å². The Labute approximate surface area is 101 Å². The normalized spacial score (nSPS) is 11.1. The molecular weight excluding hydrogens is 240 g/mol. The standard InChI is InChI=1S/C12H7ClN2O2/c13-7-5-9-8-3-1-2-4-10(8)14-12(9)11(6-7)15(16)17/h1-6,14H. The molecule has 2 aromatic carbocycles. The minimum Gasteiger partial charge on any atom is -0.349 e. The van der Waals surface area contributed by atoms with E-state index in [4.69, 9.17) is 11.6 Å². The highest BCUT2D eigenvalue weighted by atomic mass is 35.5. The van der Waals surface area contributed by atoms with E-state index in [1.165, 1.54) is 6.07 Å². The summed E-state index contributed by atoms with van der Waals surface area (Å²) in [6, 6.07) is 10.7. The SMILES string of the molecule is O=[N+]([O-])c1cc(Cl)cc2c1[nH]c1ccccc12. The van der Waals surface area contributed by atoms with Gasteiger partial charge >= 0.3 is 0 Å². The molecule has 0 radical (unpaired) electrons. The second kappa shape index (κ2) is 3.46. The molecule has 17 heavy (non-hydrogen) atoms. The molecule has 0 saturated carbocycles. The summed E-state index contributed by atoms with van der Waals surface area (Å²) < 4.78 is 0. The fraction of sp³-hybridized carbons (Fsp3) is 0. The lowest BCUT2D eigenvalue weighted by molar-refractivity contribution is -0.383. The van der Waals surface area contributed by atoms with Gasteiger partial charge in [-0.3, -0.25) is 10.1 Å². The van der Waals surface area contributed by atoms with Crippen LogP contribution in [0.3, 0.4) is 0 Å². The molecule has 0 amide bonds. The topological polar surface area (TPSA) is 58.9 Å². The van der Waals surface area contributed by atoms with E-state index < -0.39 is 4.92 Å². The van der Waals surface area contributed by atoms with E-state index in [-0.39, 0.29) is 5.69 Å². The van der Waals surface area contributed by atoms with Crippen LogP contribution in [0.25, 0.3) is 21.8 Å². The Bertz CT molecular complexity index is 749. The first-order valence-electron chi connectivity index (χ1n) is 5.01. The summed E-state index contributed by atoms with van der Waals surface area (Å²) in [4.78, 5) is 13.6. The zero-order valence-corrected chi connectivity index (χ0v) is 9.36. The second-order valence-corrected chi connectivity index (χ2v) is 4.21. The Morgan fingerprint density at radius 3 is 2.71 bits per heavy atom. The number of fused-ring (bicyclic) bond motifs is 3. The van der Waals surface area contributed by atoms with Gasteiger partial charge in [0.1, 0.15) is 5.52 Å². The van der Waals surface area contributed by atoms with Crippen molar-refractivity contribution >= 4 is 39.1 Å². The molecular formula is C12H7ClN2O2. The van der Waals surface area contributed by atoms with E-state index in [1.807, 2.05) is 24.3 Å². The van der Waals surface area contributed by atoms with Crippen molar-refractivity contribution in [2.75, 3.05) is 0 Å². The summed E-state index contributed by atoms with van der Waals surface area (Å²) in [5, 5.41) is 13.1. The third kappa shape index (κ3) is 1.45. The zero-order chi connectivity index (χ0) is 12.0. The monoisotopic (exact) mass is 246 g/mol. The van der Waals surface area contributed by atoms with Gasteiger partial charge in [-0.15, -0.1) is 0 Å². The van der Waals surface area contributed by atoms with Crippen molar-refractivity contribution in [2.45, 2.75) is 0 Å². The van der Waals surface area contributed by atoms with Crippen LogP contribution in [0, 0.1) is 10.1 Å². The number of aromatic nitrogens is 1. The molecule has 3 rings (SSSR count). The van der Waals surface area contributed by atoms with Gasteiger partial charge in [-0.25, -0.2) is 0 Å². The maximum atomic E-state index is 11.0. The molecule has 0 fully saturated rings. The number of para-hydroxylation sites is 1. The number of nitro benzene ring substituents is 1. The molecule has 0 aliphatic heterocycles. The largest absolute Gasteiger partial charge is 0.349 e. The van der Waals surface area contributed by atoms with Crippen LogP contribution >= 0.6 is 11.6 Å². The lowest BCUT2D eigenvalue weighted by atomic mass is 10.1. The molecule has 4 nitrogen and oxygen atoms in total. The van der Waals surface area contributed by atoms with Crippen LogP contribution in [-0.4, -0.2) is 9.91 Å². The fourth-order valence-corrected chi connectivity index (χ4v) is 2.25. The number of nitrogens with zero attached hydrogens (tertiary/aromatic N) is 1. The van der Waals surface area contributed by atoms with Gasteiger partial charge in [0.25, 0.3) is 5.69 Å². The first kappa shape index (κ1) is 10.1. The molecule has 0 atom stereocenters. The molecule has 5 heteroatoms. The van der Waals surface area contributed by atoms with E-state index in [9.17, 15) is 10.1 Å².